The van der Waals surface area contributed by atoms with Crippen molar-refractivity contribution in [3.05, 3.63) is 32.5 Å². The number of hydrogen-bond acceptors (Lipinski definition) is 4. The van der Waals surface area contributed by atoms with Crippen LogP contribution in [0.4, 0.5) is 10.1 Å². The summed E-state index contributed by atoms with van der Waals surface area (Å²) in [4.78, 5) is 10.1. The summed E-state index contributed by atoms with van der Waals surface area (Å²) < 4.78 is 18.6. The molecule has 0 saturated carbocycles. The fraction of sp³-hybridized carbons (Fsp3) is 0.455. The van der Waals surface area contributed by atoms with Gasteiger partial charge in [0, 0.05) is 6.54 Å². The second-order valence-corrected chi connectivity index (χ2v) is 4.45. The van der Waals surface area contributed by atoms with E-state index in [1.54, 1.807) is 0 Å². The molecule has 1 aromatic rings. The van der Waals surface area contributed by atoms with Crippen molar-refractivity contribution in [2.75, 3.05) is 19.7 Å². The van der Waals surface area contributed by atoms with Crippen LogP contribution in [0.5, 0.6) is 5.75 Å². The van der Waals surface area contributed by atoms with Crippen LogP contribution in [0, 0.1) is 15.9 Å². The zero-order valence-corrected chi connectivity index (χ0v) is 11.5. The molecule has 5 nitrogen and oxygen atoms in total. The van der Waals surface area contributed by atoms with Crippen molar-refractivity contribution in [1.29, 1.82) is 0 Å². The second-order valence-electron chi connectivity index (χ2n) is 3.59. The maximum Gasteiger partial charge on any atom is 0.315 e. The number of nitrogens with one attached hydrogen (secondary N) is 1. The van der Waals surface area contributed by atoms with Crippen molar-refractivity contribution < 1.29 is 14.1 Å². The number of halogens is 2. The molecule has 0 unspecified atom stereocenters. The van der Waals surface area contributed by atoms with E-state index in [0.29, 0.717) is 6.54 Å². The summed E-state index contributed by atoms with van der Waals surface area (Å²) in [5, 5.41) is 13.9. The Morgan fingerprint density at radius 2 is 2.22 bits per heavy atom. The lowest BCUT2D eigenvalue weighted by molar-refractivity contribution is -0.386. The molecule has 1 N–H and O–H groups in total. The maximum absolute atomic E-state index is 13.1. The molecule has 0 aliphatic heterocycles. The van der Waals surface area contributed by atoms with Gasteiger partial charge in [0.1, 0.15) is 12.4 Å². The lowest BCUT2D eigenvalue weighted by atomic mass is 10.3. The molecule has 18 heavy (non-hydrogen) atoms. The maximum atomic E-state index is 13.1. The summed E-state index contributed by atoms with van der Waals surface area (Å²) >= 11 is 3.06. The minimum absolute atomic E-state index is 0.0553. The summed E-state index contributed by atoms with van der Waals surface area (Å²) in [6.45, 7) is 3.76. The molecule has 0 aromatic heterocycles. The van der Waals surface area contributed by atoms with Crippen molar-refractivity contribution >= 4 is 21.6 Å². The number of rotatable bonds is 7. The van der Waals surface area contributed by atoms with Gasteiger partial charge in [-0.1, -0.05) is 6.92 Å². The van der Waals surface area contributed by atoms with Crippen LogP contribution < -0.4 is 10.1 Å². The lowest BCUT2D eigenvalue weighted by Gasteiger charge is -2.09. The predicted octanol–water partition coefficient (Wildman–Crippen LogP) is 2.87. The first kappa shape index (κ1) is 14.8. The Kier molecular flexibility index (Phi) is 6.00. The molecule has 0 aliphatic rings. The van der Waals surface area contributed by atoms with Gasteiger partial charge in [0.2, 0.25) is 5.75 Å². The van der Waals surface area contributed by atoms with Crippen LogP contribution in [0.15, 0.2) is 16.6 Å². The topological polar surface area (TPSA) is 64.4 Å². The summed E-state index contributed by atoms with van der Waals surface area (Å²) in [6.07, 6.45) is 1.00. The Labute approximate surface area is 113 Å². The van der Waals surface area contributed by atoms with E-state index in [9.17, 15) is 14.5 Å². The third-order valence-electron chi connectivity index (χ3n) is 2.14. The highest BCUT2D eigenvalue weighted by Crippen LogP contribution is 2.35. The number of benzene rings is 1. The van der Waals surface area contributed by atoms with Crippen LogP contribution in [-0.2, 0) is 0 Å². The van der Waals surface area contributed by atoms with Crippen LogP contribution in [0.3, 0.4) is 0 Å². The number of ether oxygens (including phenoxy) is 1. The fourth-order valence-corrected chi connectivity index (χ4v) is 1.89. The van der Waals surface area contributed by atoms with Gasteiger partial charge >= 0.3 is 5.69 Å². The zero-order chi connectivity index (χ0) is 13.5. The monoisotopic (exact) mass is 320 g/mol. The van der Waals surface area contributed by atoms with Crippen LogP contribution >= 0.6 is 15.9 Å². The van der Waals surface area contributed by atoms with Gasteiger partial charge in [0.05, 0.1) is 15.5 Å². The highest BCUT2D eigenvalue weighted by molar-refractivity contribution is 9.10. The van der Waals surface area contributed by atoms with Crippen molar-refractivity contribution in [1.82, 2.24) is 5.32 Å². The van der Waals surface area contributed by atoms with Crippen molar-refractivity contribution in [2.45, 2.75) is 13.3 Å². The fourth-order valence-electron chi connectivity index (χ4n) is 1.35. The first-order valence-corrected chi connectivity index (χ1v) is 6.32. The van der Waals surface area contributed by atoms with Gasteiger partial charge in [-0.2, -0.15) is 0 Å². The largest absolute Gasteiger partial charge is 0.485 e. The molecule has 0 saturated heterocycles. The van der Waals surface area contributed by atoms with Crippen molar-refractivity contribution in [3.8, 4) is 5.75 Å². The van der Waals surface area contributed by atoms with E-state index < -0.39 is 10.7 Å². The minimum atomic E-state index is -0.676. The number of nitro groups is 1. The molecule has 7 heteroatoms. The van der Waals surface area contributed by atoms with Crippen molar-refractivity contribution in [2.24, 2.45) is 0 Å². The molecule has 100 valence electrons. The first-order valence-electron chi connectivity index (χ1n) is 5.53. The molecule has 0 heterocycles. The van der Waals surface area contributed by atoms with Gasteiger partial charge in [-0.05, 0) is 35.0 Å². The van der Waals surface area contributed by atoms with Gasteiger partial charge in [-0.3, -0.25) is 10.1 Å². The van der Waals surface area contributed by atoms with Gasteiger partial charge in [0.25, 0.3) is 0 Å². The standard InChI is InChI=1S/C11H14BrFN2O3/c1-2-3-14-4-5-18-11-9(12)6-8(13)7-10(11)15(16)17/h6-7,14H,2-5H2,1H3. The first-order chi connectivity index (χ1) is 8.56. The summed E-state index contributed by atoms with van der Waals surface area (Å²) in [5.41, 5.74) is -0.377. The van der Waals surface area contributed by atoms with E-state index in [-0.39, 0.29) is 22.5 Å². The molecular formula is C11H14BrFN2O3. The molecule has 1 aromatic carbocycles. The third-order valence-corrected chi connectivity index (χ3v) is 2.73. The molecule has 0 atom stereocenters. The second kappa shape index (κ2) is 7.27. The van der Waals surface area contributed by atoms with Gasteiger partial charge in [-0.25, -0.2) is 4.39 Å². The number of nitrogens with zero attached hydrogens (tertiary/aromatic N) is 1. The lowest BCUT2D eigenvalue weighted by Crippen LogP contribution is -2.21. The molecule has 0 amide bonds. The van der Waals surface area contributed by atoms with E-state index in [1.807, 2.05) is 6.92 Å². The average molecular weight is 321 g/mol. The average Bonchev–Trinajstić information content (AvgIpc) is 2.30. The van der Waals surface area contributed by atoms with E-state index >= 15 is 0 Å². The molecule has 0 bridgehead atoms. The zero-order valence-electron chi connectivity index (χ0n) is 9.91. The SMILES string of the molecule is CCCNCCOc1c(Br)cc(F)cc1[N+](=O)[O-]. The molecule has 0 aliphatic carbocycles. The Morgan fingerprint density at radius 3 is 2.83 bits per heavy atom. The molecule has 0 spiro atoms. The van der Waals surface area contributed by atoms with Gasteiger partial charge in [0.15, 0.2) is 0 Å². The third kappa shape index (κ3) is 4.23. The summed E-state index contributed by atoms with van der Waals surface area (Å²) in [6, 6.07) is 1.99. The smallest absolute Gasteiger partial charge is 0.315 e. The molecule has 0 radical (unpaired) electrons. The summed E-state index contributed by atoms with van der Waals surface area (Å²) in [5.74, 6) is -0.621. The van der Waals surface area contributed by atoms with Crippen LogP contribution in [0.25, 0.3) is 0 Å². The molecule has 0 fully saturated rings. The Hall–Kier alpha value is -1.21. The molecular weight excluding hydrogens is 307 g/mol. The Morgan fingerprint density at radius 1 is 1.50 bits per heavy atom. The quantitative estimate of drug-likeness (QED) is 0.476. The Bertz CT molecular complexity index is 429. The predicted molar refractivity (Wildman–Crippen MR) is 69.4 cm³/mol. The van der Waals surface area contributed by atoms with Crippen LogP contribution in [-0.4, -0.2) is 24.6 Å². The normalized spacial score (nSPS) is 10.4. The van der Waals surface area contributed by atoms with Crippen LogP contribution in [0.2, 0.25) is 0 Å². The van der Waals surface area contributed by atoms with Crippen LogP contribution in [0.1, 0.15) is 13.3 Å². The van der Waals surface area contributed by atoms with E-state index in [4.69, 9.17) is 4.74 Å². The van der Waals surface area contributed by atoms with E-state index in [1.165, 1.54) is 0 Å². The van der Waals surface area contributed by atoms with Crippen molar-refractivity contribution in [3.63, 3.8) is 0 Å². The Balaban J connectivity index is 2.71. The van der Waals surface area contributed by atoms with Gasteiger partial charge < -0.3 is 10.1 Å². The van der Waals surface area contributed by atoms with Gasteiger partial charge in [-0.15, -0.1) is 0 Å². The van der Waals surface area contributed by atoms with E-state index in [2.05, 4.69) is 21.2 Å². The number of nitro benzene ring substituents is 1. The minimum Gasteiger partial charge on any atom is -0.485 e. The number of hydrogen-bond donors (Lipinski definition) is 1. The highest BCUT2D eigenvalue weighted by atomic mass is 79.9. The summed E-state index contributed by atoms with van der Waals surface area (Å²) in [7, 11) is 0. The highest BCUT2D eigenvalue weighted by Gasteiger charge is 2.20. The van der Waals surface area contributed by atoms with E-state index in [0.717, 1.165) is 25.1 Å². The molecule has 1 rings (SSSR count).